The normalized spacial score (nSPS) is 10.1. The van der Waals surface area contributed by atoms with E-state index in [9.17, 15) is 0 Å². The van der Waals surface area contributed by atoms with Crippen molar-refractivity contribution in [3.05, 3.63) is 59.2 Å². The van der Waals surface area contributed by atoms with Crippen LogP contribution >= 0.6 is 12.2 Å². The van der Waals surface area contributed by atoms with Gasteiger partial charge >= 0.3 is 0 Å². The molecule has 104 valence electrons. The summed E-state index contributed by atoms with van der Waals surface area (Å²) in [6.45, 7) is 2.79. The van der Waals surface area contributed by atoms with Gasteiger partial charge in [0, 0.05) is 23.9 Å². The predicted molar refractivity (Wildman–Crippen MR) is 87.4 cm³/mol. The lowest BCUT2D eigenvalue weighted by molar-refractivity contribution is 0.415. The van der Waals surface area contributed by atoms with Crippen LogP contribution in [-0.2, 0) is 6.54 Å². The quantitative estimate of drug-likeness (QED) is 0.828. The van der Waals surface area contributed by atoms with E-state index in [4.69, 9.17) is 22.7 Å². The van der Waals surface area contributed by atoms with Crippen molar-refractivity contribution in [1.82, 2.24) is 0 Å². The Morgan fingerprint density at radius 3 is 2.50 bits per heavy atom. The molecule has 0 bridgehead atoms. The zero-order valence-corrected chi connectivity index (χ0v) is 12.5. The second-order valence-corrected chi connectivity index (χ2v) is 5.05. The Kier molecular flexibility index (Phi) is 4.58. The van der Waals surface area contributed by atoms with E-state index in [1.807, 2.05) is 18.2 Å². The molecule has 2 aromatic carbocycles. The van der Waals surface area contributed by atoms with E-state index < -0.39 is 0 Å². The Morgan fingerprint density at radius 1 is 1.20 bits per heavy atom. The lowest BCUT2D eigenvalue weighted by Gasteiger charge is -2.13. The van der Waals surface area contributed by atoms with Crippen molar-refractivity contribution in [2.75, 3.05) is 12.4 Å². The minimum absolute atomic E-state index is 0.374. The largest absolute Gasteiger partial charge is 0.497 e. The summed E-state index contributed by atoms with van der Waals surface area (Å²) in [5, 5.41) is 3.36. The van der Waals surface area contributed by atoms with Gasteiger partial charge in [-0.3, -0.25) is 0 Å². The van der Waals surface area contributed by atoms with E-state index >= 15 is 0 Å². The zero-order valence-electron chi connectivity index (χ0n) is 11.6. The Bertz CT molecular complexity index is 608. The van der Waals surface area contributed by atoms with Crippen molar-refractivity contribution in [3.8, 4) is 5.75 Å². The fourth-order valence-electron chi connectivity index (χ4n) is 1.91. The summed E-state index contributed by atoms with van der Waals surface area (Å²) in [7, 11) is 1.64. The minimum atomic E-state index is 0.374. The molecule has 2 aromatic rings. The number of thiocarbonyl (C=S) groups is 1. The van der Waals surface area contributed by atoms with Crippen molar-refractivity contribution in [1.29, 1.82) is 0 Å². The first-order valence-electron chi connectivity index (χ1n) is 6.37. The number of rotatable bonds is 5. The van der Waals surface area contributed by atoms with Crippen LogP contribution in [-0.4, -0.2) is 12.1 Å². The summed E-state index contributed by atoms with van der Waals surface area (Å²) < 4.78 is 5.23. The van der Waals surface area contributed by atoms with Crippen LogP contribution in [0.4, 0.5) is 5.69 Å². The van der Waals surface area contributed by atoms with Crippen molar-refractivity contribution in [2.45, 2.75) is 13.5 Å². The van der Waals surface area contributed by atoms with E-state index in [1.54, 1.807) is 7.11 Å². The molecule has 0 saturated carbocycles. The van der Waals surface area contributed by atoms with E-state index in [2.05, 4.69) is 36.5 Å². The Hall–Kier alpha value is -2.07. The maximum absolute atomic E-state index is 5.75. The van der Waals surface area contributed by atoms with Crippen LogP contribution in [0.1, 0.15) is 16.7 Å². The number of ether oxygens (including phenoxy) is 1. The number of hydrogen-bond donors (Lipinski definition) is 2. The van der Waals surface area contributed by atoms with Gasteiger partial charge in [-0.15, -0.1) is 0 Å². The molecule has 0 unspecified atom stereocenters. The van der Waals surface area contributed by atoms with Crippen LogP contribution < -0.4 is 15.8 Å². The van der Waals surface area contributed by atoms with Gasteiger partial charge in [0.15, 0.2) is 0 Å². The molecule has 0 aliphatic heterocycles. The molecule has 3 N–H and O–H groups in total. The Labute approximate surface area is 124 Å². The van der Waals surface area contributed by atoms with Crippen molar-refractivity contribution in [2.24, 2.45) is 5.73 Å². The number of methoxy groups -OCH3 is 1. The van der Waals surface area contributed by atoms with Gasteiger partial charge in [-0.25, -0.2) is 0 Å². The summed E-state index contributed by atoms with van der Waals surface area (Å²) in [5.74, 6) is 0.774. The highest BCUT2D eigenvalue weighted by molar-refractivity contribution is 7.80. The van der Waals surface area contributed by atoms with E-state index in [0.29, 0.717) is 11.5 Å². The monoisotopic (exact) mass is 286 g/mol. The molecular formula is C16H18N2OS. The van der Waals surface area contributed by atoms with Gasteiger partial charge in [-0.2, -0.15) is 0 Å². The average molecular weight is 286 g/mol. The number of nitrogens with one attached hydrogen (secondary N) is 1. The van der Waals surface area contributed by atoms with Crippen LogP contribution in [0.25, 0.3) is 0 Å². The molecule has 0 aliphatic carbocycles. The second-order valence-electron chi connectivity index (χ2n) is 4.61. The lowest BCUT2D eigenvalue weighted by Crippen LogP contribution is -2.13. The molecule has 0 spiro atoms. The van der Waals surface area contributed by atoms with Crippen LogP contribution in [0.15, 0.2) is 42.5 Å². The first-order valence-corrected chi connectivity index (χ1v) is 6.78. The summed E-state index contributed by atoms with van der Waals surface area (Å²) >= 11 is 5.07. The molecule has 0 aromatic heterocycles. The molecule has 0 saturated heterocycles. The molecule has 20 heavy (non-hydrogen) atoms. The fraction of sp³-hybridized carbons (Fsp3) is 0.188. The first kappa shape index (κ1) is 14.3. The molecular weight excluding hydrogens is 268 g/mol. The number of nitrogens with two attached hydrogens (primary N) is 1. The van der Waals surface area contributed by atoms with Crippen LogP contribution in [0.3, 0.4) is 0 Å². The molecule has 2 rings (SSSR count). The standard InChI is InChI=1S/C16H18N2OS/c1-11-3-5-12(6-4-11)10-18-15-9-13(19-2)7-8-14(15)16(17)20/h3-9,18H,10H2,1-2H3,(H2,17,20). The topological polar surface area (TPSA) is 47.3 Å². The maximum atomic E-state index is 5.75. The van der Waals surface area contributed by atoms with Gasteiger partial charge in [-0.1, -0.05) is 42.0 Å². The predicted octanol–water partition coefficient (Wildman–Crippen LogP) is 3.25. The van der Waals surface area contributed by atoms with Crippen LogP contribution in [0.2, 0.25) is 0 Å². The summed E-state index contributed by atoms with van der Waals surface area (Å²) in [5.41, 5.74) is 9.91. The highest BCUT2D eigenvalue weighted by atomic mass is 32.1. The Balaban J connectivity index is 2.18. The molecule has 0 fully saturated rings. The molecule has 4 heteroatoms. The van der Waals surface area contributed by atoms with Crippen molar-refractivity contribution < 1.29 is 4.74 Å². The SMILES string of the molecule is COc1ccc(C(N)=S)c(NCc2ccc(C)cc2)c1. The summed E-state index contributed by atoms with van der Waals surface area (Å²) in [6, 6.07) is 14.0. The van der Waals surface area contributed by atoms with Gasteiger partial charge in [0.05, 0.1) is 7.11 Å². The smallest absolute Gasteiger partial charge is 0.120 e. The number of anilines is 1. The fourth-order valence-corrected chi connectivity index (χ4v) is 2.09. The zero-order chi connectivity index (χ0) is 14.5. The van der Waals surface area contributed by atoms with Gasteiger partial charge in [0.25, 0.3) is 0 Å². The molecule has 0 radical (unpaired) electrons. The highest BCUT2D eigenvalue weighted by Crippen LogP contribution is 2.23. The minimum Gasteiger partial charge on any atom is -0.497 e. The van der Waals surface area contributed by atoms with Crippen LogP contribution in [0, 0.1) is 6.92 Å². The third kappa shape index (κ3) is 3.48. The van der Waals surface area contributed by atoms with Gasteiger partial charge in [-0.05, 0) is 24.6 Å². The summed E-state index contributed by atoms with van der Waals surface area (Å²) in [6.07, 6.45) is 0. The number of aryl methyl sites for hydroxylation is 1. The van der Waals surface area contributed by atoms with Gasteiger partial charge < -0.3 is 15.8 Å². The maximum Gasteiger partial charge on any atom is 0.120 e. The molecule has 3 nitrogen and oxygen atoms in total. The molecule has 0 amide bonds. The third-order valence-corrected chi connectivity index (χ3v) is 3.32. The molecule has 0 aliphatic rings. The second kappa shape index (κ2) is 6.39. The van der Waals surface area contributed by atoms with E-state index in [1.165, 1.54) is 11.1 Å². The number of benzene rings is 2. The molecule has 0 atom stereocenters. The van der Waals surface area contributed by atoms with Gasteiger partial charge in [0.2, 0.25) is 0 Å². The highest BCUT2D eigenvalue weighted by Gasteiger charge is 2.06. The van der Waals surface area contributed by atoms with Gasteiger partial charge in [0.1, 0.15) is 10.7 Å². The average Bonchev–Trinajstić information content (AvgIpc) is 2.46. The first-order chi connectivity index (χ1) is 9.60. The third-order valence-electron chi connectivity index (χ3n) is 3.10. The summed E-state index contributed by atoms with van der Waals surface area (Å²) in [4.78, 5) is 0.374. The van der Waals surface area contributed by atoms with Crippen LogP contribution in [0.5, 0.6) is 5.75 Å². The Morgan fingerprint density at radius 2 is 1.90 bits per heavy atom. The van der Waals surface area contributed by atoms with Crippen molar-refractivity contribution in [3.63, 3.8) is 0 Å². The van der Waals surface area contributed by atoms with E-state index in [-0.39, 0.29) is 0 Å². The van der Waals surface area contributed by atoms with Crippen molar-refractivity contribution >= 4 is 22.9 Å². The number of hydrogen-bond acceptors (Lipinski definition) is 3. The molecule has 0 heterocycles. The lowest BCUT2D eigenvalue weighted by atomic mass is 10.1. The van der Waals surface area contributed by atoms with E-state index in [0.717, 1.165) is 17.0 Å².